The van der Waals surface area contributed by atoms with E-state index >= 15 is 0 Å². The molecule has 0 aliphatic rings. The van der Waals surface area contributed by atoms with Crippen LogP contribution in [-0.2, 0) is 4.79 Å². The van der Waals surface area contributed by atoms with Gasteiger partial charge in [-0.25, -0.2) is 0 Å². The summed E-state index contributed by atoms with van der Waals surface area (Å²) in [5.41, 5.74) is 2.10. The van der Waals surface area contributed by atoms with Gasteiger partial charge in [-0.15, -0.1) is 0 Å². The SMILES string of the molecule is CCN(C)C(=O)C(C)(N)C(F)(F)F. The number of alkyl halides is 3. The lowest BCUT2D eigenvalue weighted by atomic mass is 10.0. The van der Waals surface area contributed by atoms with Crippen LogP contribution in [0.25, 0.3) is 0 Å². The zero-order valence-electron chi connectivity index (χ0n) is 7.77. The fourth-order valence-electron chi connectivity index (χ4n) is 0.661. The molecule has 0 spiro atoms. The molecule has 1 unspecified atom stereocenters. The van der Waals surface area contributed by atoms with E-state index in [0.717, 1.165) is 4.90 Å². The van der Waals surface area contributed by atoms with Gasteiger partial charge in [0.25, 0.3) is 5.91 Å². The number of carbonyl (C=O) groups is 1. The summed E-state index contributed by atoms with van der Waals surface area (Å²) in [7, 11) is 1.28. The van der Waals surface area contributed by atoms with E-state index < -0.39 is 17.6 Å². The molecule has 0 aromatic heterocycles. The lowest BCUT2D eigenvalue weighted by Crippen LogP contribution is -2.61. The Kier molecular flexibility index (Phi) is 3.32. The molecule has 0 saturated heterocycles. The number of nitrogens with zero attached hydrogens (tertiary/aromatic N) is 1. The van der Waals surface area contributed by atoms with Gasteiger partial charge in [-0.1, -0.05) is 0 Å². The standard InChI is InChI=1S/C7H13F3N2O/c1-4-12(3)5(13)6(2,11)7(8,9)10/h4,11H2,1-3H3. The second-order valence-electron chi connectivity index (χ2n) is 3.02. The molecule has 6 heteroatoms. The Bertz CT molecular complexity index is 200. The van der Waals surface area contributed by atoms with Gasteiger partial charge in [0.1, 0.15) is 0 Å². The minimum Gasteiger partial charge on any atom is -0.344 e. The van der Waals surface area contributed by atoms with Gasteiger partial charge in [0.15, 0.2) is 5.54 Å². The summed E-state index contributed by atoms with van der Waals surface area (Å²) in [5, 5.41) is 0. The summed E-state index contributed by atoms with van der Waals surface area (Å²) in [6.45, 7) is 2.44. The third kappa shape index (κ3) is 2.33. The zero-order valence-corrected chi connectivity index (χ0v) is 7.77. The van der Waals surface area contributed by atoms with Crippen LogP contribution >= 0.6 is 0 Å². The molecule has 3 nitrogen and oxygen atoms in total. The predicted molar refractivity (Wildman–Crippen MR) is 42.0 cm³/mol. The minimum absolute atomic E-state index is 0.196. The molecule has 0 heterocycles. The average Bonchev–Trinajstić information content (AvgIpc) is 1.99. The molecule has 0 aromatic carbocycles. The fourth-order valence-corrected chi connectivity index (χ4v) is 0.661. The monoisotopic (exact) mass is 198 g/mol. The number of hydrogen-bond acceptors (Lipinski definition) is 2. The molecule has 0 aliphatic carbocycles. The molecule has 0 fully saturated rings. The van der Waals surface area contributed by atoms with Crippen LogP contribution in [0, 0.1) is 0 Å². The summed E-state index contributed by atoms with van der Waals surface area (Å²) in [5.74, 6) is -1.12. The molecule has 0 aliphatic heterocycles. The van der Waals surface area contributed by atoms with Crippen LogP contribution in [0.3, 0.4) is 0 Å². The Morgan fingerprint density at radius 3 is 2.08 bits per heavy atom. The lowest BCUT2D eigenvalue weighted by molar-refractivity contribution is -0.192. The molecule has 0 rings (SSSR count). The summed E-state index contributed by atoms with van der Waals surface area (Å²) in [6.07, 6.45) is -4.71. The third-order valence-corrected chi connectivity index (χ3v) is 1.85. The molecular weight excluding hydrogens is 185 g/mol. The first-order valence-electron chi connectivity index (χ1n) is 3.75. The lowest BCUT2D eigenvalue weighted by Gasteiger charge is -2.30. The van der Waals surface area contributed by atoms with Gasteiger partial charge in [-0.3, -0.25) is 4.79 Å². The third-order valence-electron chi connectivity index (χ3n) is 1.85. The normalized spacial score (nSPS) is 16.5. The maximum atomic E-state index is 12.2. The number of amides is 1. The van der Waals surface area contributed by atoms with E-state index in [-0.39, 0.29) is 6.54 Å². The smallest absolute Gasteiger partial charge is 0.344 e. The summed E-state index contributed by atoms with van der Waals surface area (Å²) < 4.78 is 36.6. The van der Waals surface area contributed by atoms with E-state index in [1.54, 1.807) is 6.92 Å². The van der Waals surface area contributed by atoms with Crippen LogP contribution in [0.4, 0.5) is 13.2 Å². The van der Waals surface area contributed by atoms with Crippen molar-refractivity contribution in [1.29, 1.82) is 0 Å². The van der Waals surface area contributed by atoms with E-state index in [0.29, 0.717) is 6.92 Å². The summed E-state index contributed by atoms with van der Waals surface area (Å²) in [4.78, 5) is 12.1. The molecule has 0 bridgehead atoms. The number of likely N-dealkylation sites (N-methyl/N-ethyl adjacent to an activating group) is 1. The van der Waals surface area contributed by atoms with Crippen molar-refractivity contribution < 1.29 is 18.0 Å². The van der Waals surface area contributed by atoms with Crippen LogP contribution < -0.4 is 5.73 Å². The molecule has 2 N–H and O–H groups in total. The first-order chi connectivity index (χ1) is 5.64. The van der Waals surface area contributed by atoms with Gasteiger partial charge >= 0.3 is 6.18 Å². The Balaban J connectivity index is 4.75. The van der Waals surface area contributed by atoms with Crippen molar-refractivity contribution in [3.8, 4) is 0 Å². The highest BCUT2D eigenvalue weighted by Gasteiger charge is 2.54. The Morgan fingerprint density at radius 1 is 1.46 bits per heavy atom. The maximum Gasteiger partial charge on any atom is 0.415 e. The number of hydrogen-bond donors (Lipinski definition) is 1. The molecule has 0 saturated carbocycles. The Hall–Kier alpha value is -0.780. The Morgan fingerprint density at radius 2 is 1.85 bits per heavy atom. The fraction of sp³-hybridized carbons (Fsp3) is 0.857. The van der Waals surface area contributed by atoms with E-state index in [9.17, 15) is 18.0 Å². The molecule has 0 radical (unpaired) electrons. The van der Waals surface area contributed by atoms with Gasteiger partial charge in [0.05, 0.1) is 0 Å². The molecular formula is C7H13F3N2O. The molecule has 13 heavy (non-hydrogen) atoms. The minimum atomic E-state index is -4.71. The van der Waals surface area contributed by atoms with Crippen molar-refractivity contribution in [2.45, 2.75) is 25.6 Å². The van der Waals surface area contributed by atoms with Crippen LogP contribution in [0.5, 0.6) is 0 Å². The summed E-state index contributed by atoms with van der Waals surface area (Å²) >= 11 is 0. The van der Waals surface area contributed by atoms with Crippen molar-refractivity contribution in [2.75, 3.05) is 13.6 Å². The molecule has 1 amide bonds. The maximum absolute atomic E-state index is 12.2. The van der Waals surface area contributed by atoms with Crippen LogP contribution in [0.2, 0.25) is 0 Å². The van der Waals surface area contributed by atoms with Crippen LogP contribution in [0.15, 0.2) is 0 Å². The second kappa shape index (κ2) is 3.53. The van der Waals surface area contributed by atoms with E-state index in [1.165, 1.54) is 7.05 Å². The van der Waals surface area contributed by atoms with Crippen molar-refractivity contribution >= 4 is 5.91 Å². The molecule has 1 atom stereocenters. The topological polar surface area (TPSA) is 46.3 Å². The van der Waals surface area contributed by atoms with Crippen LogP contribution in [0.1, 0.15) is 13.8 Å². The average molecular weight is 198 g/mol. The van der Waals surface area contributed by atoms with Crippen molar-refractivity contribution in [3.05, 3.63) is 0 Å². The first-order valence-corrected chi connectivity index (χ1v) is 3.75. The highest BCUT2D eigenvalue weighted by molar-refractivity contribution is 5.86. The van der Waals surface area contributed by atoms with Crippen LogP contribution in [-0.4, -0.2) is 36.1 Å². The largest absolute Gasteiger partial charge is 0.415 e. The van der Waals surface area contributed by atoms with Crippen molar-refractivity contribution in [1.82, 2.24) is 4.90 Å². The van der Waals surface area contributed by atoms with E-state index in [4.69, 9.17) is 5.73 Å². The zero-order chi connectivity index (χ0) is 10.9. The van der Waals surface area contributed by atoms with Crippen molar-refractivity contribution in [2.24, 2.45) is 5.73 Å². The number of nitrogens with two attached hydrogens (primary N) is 1. The predicted octanol–water partition coefficient (Wildman–Crippen LogP) is 0.744. The highest BCUT2D eigenvalue weighted by atomic mass is 19.4. The van der Waals surface area contributed by atoms with Gasteiger partial charge in [-0.2, -0.15) is 13.2 Å². The summed E-state index contributed by atoms with van der Waals surface area (Å²) in [6, 6.07) is 0. The Labute approximate surface area is 74.7 Å². The second-order valence-corrected chi connectivity index (χ2v) is 3.02. The van der Waals surface area contributed by atoms with Gasteiger partial charge in [-0.05, 0) is 13.8 Å². The van der Waals surface area contributed by atoms with Gasteiger partial charge in [0.2, 0.25) is 0 Å². The van der Waals surface area contributed by atoms with E-state index in [2.05, 4.69) is 0 Å². The van der Waals surface area contributed by atoms with Gasteiger partial charge in [0, 0.05) is 13.6 Å². The highest BCUT2D eigenvalue weighted by Crippen LogP contribution is 2.29. The molecule has 0 aromatic rings. The first kappa shape index (κ1) is 12.2. The molecule has 78 valence electrons. The number of halogens is 3. The van der Waals surface area contributed by atoms with Crippen molar-refractivity contribution in [3.63, 3.8) is 0 Å². The quantitative estimate of drug-likeness (QED) is 0.711. The number of carbonyl (C=O) groups excluding carboxylic acids is 1. The van der Waals surface area contributed by atoms with E-state index in [1.807, 2.05) is 0 Å². The number of rotatable bonds is 2. The van der Waals surface area contributed by atoms with Gasteiger partial charge < -0.3 is 10.6 Å².